The van der Waals surface area contributed by atoms with Crippen LogP contribution in [0, 0.1) is 11.6 Å². The molecule has 3 aromatic carbocycles. The predicted octanol–water partition coefficient (Wildman–Crippen LogP) is 4.92. The van der Waals surface area contributed by atoms with E-state index < -0.39 is 37.1 Å². The Morgan fingerprint density at radius 2 is 1.51 bits per heavy atom. The second-order valence-corrected chi connectivity index (χ2v) is 16.6. The van der Waals surface area contributed by atoms with E-state index in [1.807, 2.05) is 50.2 Å². The van der Waals surface area contributed by atoms with E-state index in [0.717, 1.165) is 15.3 Å². The lowest BCUT2D eigenvalue weighted by Gasteiger charge is -2.43. The summed E-state index contributed by atoms with van der Waals surface area (Å²) in [5, 5.41) is 14.5. The fourth-order valence-electron chi connectivity index (χ4n) is 6.03. The predicted molar refractivity (Wildman–Crippen MR) is 168 cm³/mol. The third-order valence-corrected chi connectivity index (χ3v) is 12.8. The molecule has 0 aromatic heterocycles. The molecule has 10 heteroatoms. The van der Waals surface area contributed by atoms with Crippen LogP contribution in [0.1, 0.15) is 45.7 Å². The minimum absolute atomic E-state index is 0.0516. The van der Waals surface area contributed by atoms with E-state index in [4.69, 9.17) is 9.16 Å². The van der Waals surface area contributed by atoms with Crippen LogP contribution >= 0.6 is 0 Å². The topological polar surface area (TPSA) is 74.6 Å². The van der Waals surface area contributed by atoms with Gasteiger partial charge < -0.3 is 24.2 Å². The highest BCUT2D eigenvalue weighted by atomic mass is 28.4. The molecule has 0 spiro atoms. The molecule has 4 rings (SSSR count). The van der Waals surface area contributed by atoms with E-state index in [0.29, 0.717) is 18.7 Å². The summed E-state index contributed by atoms with van der Waals surface area (Å²) in [4.78, 5) is 15.8. The van der Waals surface area contributed by atoms with Gasteiger partial charge in [0.05, 0.1) is 24.5 Å². The lowest BCUT2D eigenvalue weighted by atomic mass is 10.0. The summed E-state index contributed by atoms with van der Waals surface area (Å²) in [6, 6.07) is 21.4. The number of likely N-dealkylation sites (N-methyl/N-ethyl adjacent to an activating group) is 1. The number of carbonyl (C=O) groups excluding carboxylic acids is 1. The quantitative estimate of drug-likeness (QED) is 0.170. The maximum atomic E-state index is 16.3. The van der Waals surface area contributed by atoms with Crippen LogP contribution in [-0.2, 0) is 20.6 Å². The Hall–Kier alpha value is -3.60. The Bertz CT molecular complexity index is 1410. The van der Waals surface area contributed by atoms with Crippen molar-refractivity contribution in [2.75, 3.05) is 32.1 Å². The molecule has 3 aromatic rings. The number of carbonyl (C=O) groups is 1. The van der Waals surface area contributed by atoms with Crippen molar-refractivity contribution in [1.29, 1.82) is 0 Å². The van der Waals surface area contributed by atoms with Crippen LogP contribution in [0.15, 0.2) is 71.9 Å². The monoisotopic (exact) mass is 609 g/mol. The summed E-state index contributed by atoms with van der Waals surface area (Å²) in [6.45, 7) is 10.8. The Morgan fingerprint density at radius 1 is 1.00 bits per heavy atom. The number of benzene rings is 3. The normalized spacial score (nSPS) is 18.1. The van der Waals surface area contributed by atoms with Gasteiger partial charge in [0.15, 0.2) is 17.3 Å². The number of anilines is 1. The molecule has 230 valence electrons. The molecule has 1 aliphatic rings. The molecule has 2 atom stereocenters. The first-order valence-electron chi connectivity index (χ1n) is 14.4. The van der Waals surface area contributed by atoms with Crippen molar-refractivity contribution in [2.45, 2.75) is 58.5 Å². The van der Waals surface area contributed by atoms with Gasteiger partial charge in [0.25, 0.3) is 14.2 Å². The number of amides is 1. The average molecular weight is 610 g/mol. The van der Waals surface area contributed by atoms with Gasteiger partial charge in [-0.2, -0.15) is 0 Å². The molecule has 1 aliphatic heterocycles. The maximum Gasteiger partial charge on any atom is 0.276 e. The molecular weight excluding hydrogens is 568 g/mol. The highest BCUT2D eigenvalue weighted by Crippen LogP contribution is 2.39. The van der Waals surface area contributed by atoms with E-state index >= 15 is 8.78 Å². The van der Waals surface area contributed by atoms with Crippen molar-refractivity contribution in [3.63, 3.8) is 0 Å². The van der Waals surface area contributed by atoms with Crippen molar-refractivity contribution in [1.82, 2.24) is 4.90 Å². The molecule has 1 fully saturated rings. The van der Waals surface area contributed by atoms with Crippen LogP contribution in [-0.4, -0.2) is 69.4 Å². The third kappa shape index (κ3) is 6.36. The fourth-order valence-corrected chi connectivity index (χ4v) is 10.6. The molecule has 0 radical (unpaired) electrons. The zero-order valence-electron chi connectivity index (χ0n) is 25.9. The highest BCUT2D eigenvalue weighted by Gasteiger charge is 2.50. The standard InChI is InChI=1S/C33H41F2N3O4Si/c1-22-19-38(20-23(2)42-22)31-24(18-27(28(34)29(31)35)30(36-40)32(39)37(6)7)21-41-43(33(3,4)5,25-14-10-8-11-15-25)26-16-12-9-13-17-26/h8-18,22-23,40H,19-21H2,1-7H3/b36-30-/t22-,23+. The van der Waals surface area contributed by atoms with E-state index in [1.165, 1.54) is 20.2 Å². The molecular formula is C33H41F2N3O4Si. The first-order valence-corrected chi connectivity index (χ1v) is 16.3. The SMILES string of the molecule is C[C@@H]1CN(c2c(CO[Si](c3ccccc3)(c3ccccc3)C(C)(C)C)cc(/C(=N/O)C(=O)N(C)C)c(F)c2F)C[C@H](C)O1. The van der Waals surface area contributed by atoms with Crippen molar-refractivity contribution in [3.05, 3.63) is 89.5 Å². The number of nitrogens with zero attached hydrogens (tertiary/aromatic N) is 3. The van der Waals surface area contributed by atoms with Gasteiger partial charge in [-0.3, -0.25) is 4.79 Å². The minimum atomic E-state index is -3.07. The van der Waals surface area contributed by atoms with E-state index in [2.05, 4.69) is 50.2 Å². The number of halogens is 2. The number of ether oxygens (including phenoxy) is 1. The Morgan fingerprint density at radius 3 is 1.95 bits per heavy atom. The molecule has 43 heavy (non-hydrogen) atoms. The molecule has 0 bridgehead atoms. The third-order valence-electron chi connectivity index (χ3n) is 7.82. The van der Waals surface area contributed by atoms with Gasteiger partial charge in [-0.1, -0.05) is 86.6 Å². The summed E-state index contributed by atoms with van der Waals surface area (Å²) in [7, 11) is -0.181. The summed E-state index contributed by atoms with van der Waals surface area (Å²) < 4.78 is 45.1. The van der Waals surface area contributed by atoms with Gasteiger partial charge in [-0.25, -0.2) is 8.78 Å². The molecule has 0 saturated carbocycles. The van der Waals surface area contributed by atoms with Crippen LogP contribution in [0.2, 0.25) is 5.04 Å². The van der Waals surface area contributed by atoms with E-state index in [1.54, 1.807) is 4.90 Å². The van der Waals surface area contributed by atoms with Crippen LogP contribution in [0.3, 0.4) is 0 Å². The smallest absolute Gasteiger partial charge is 0.276 e. The Labute approximate surface area is 253 Å². The summed E-state index contributed by atoms with van der Waals surface area (Å²) in [6.07, 6.45) is -0.442. The first-order chi connectivity index (χ1) is 20.3. The first kappa shape index (κ1) is 32.3. The lowest BCUT2D eigenvalue weighted by Crippen LogP contribution is -2.66. The molecule has 1 heterocycles. The van der Waals surface area contributed by atoms with Crippen molar-refractivity contribution < 1.29 is 27.9 Å². The Kier molecular flexibility index (Phi) is 9.73. The van der Waals surface area contributed by atoms with Gasteiger partial charge in [0.1, 0.15) is 0 Å². The molecule has 1 amide bonds. The van der Waals surface area contributed by atoms with E-state index in [-0.39, 0.29) is 29.5 Å². The van der Waals surface area contributed by atoms with Crippen LogP contribution < -0.4 is 15.3 Å². The van der Waals surface area contributed by atoms with Crippen molar-refractivity contribution >= 4 is 36.0 Å². The highest BCUT2D eigenvalue weighted by molar-refractivity contribution is 6.99. The van der Waals surface area contributed by atoms with E-state index in [9.17, 15) is 10.0 Å². The van der Waals surface area contributed by atoms with Gasteiger partial charge in [-0.05, 0) is 35.3 Å². The van der Waals surface area contributed by atoms with Crippen molar-refractivity contribution in [3.8, 4) is 0 Å². The number of rotatable bonds is 8. The van der Waals surface area contributed by atoms with Gasteiger partial charge >= 0.3 is 0 Å². The molecule has 0 aliphatic carbocycles. The van der Waals surface area contributed by atoms with Crippen molar-refractivity contribution in [2.24, 2.45) is 5.16 Å². The zero-order chi connectivity index (χ0) is 31.5. The fraction of sp³-hybridized carbons (Fsp3) is 0.394. The van der Waals surface area contributed by atoms with Crippen LogP contribution in [0.4, 0.5) is 14.5 Å². The van der Waals surface area contributed by atoms with Gasteiger partial charge in [0.2, 0.25) is 0 Å². The molecule has 1 N–H and O–H groups in total. The molecule has 1 saturated heterocycles. The maximum absolute atomic E-state index is 16.3. The number of oxime groups is 1. The average Bonchev–Trinajstić information content (AvgIpc) is 2.96. The number of hydrogen-bond donors (Lipinski definition) is 1. The Balaban J connectivity index is 1.94. The number of hydrogen-bond acceptors (Lipinski definition) is 6. The summed E-state index contributed by atoms with van der Waals surface area (Å²) in [5.41, 5.74) is -0.632. The molecule has 0 unspecified atom stereocenters. The van der Waals surface area contributed by atoms with Gasteiger partial charge in [0, 0.05) is 38.3 Å². The number of morpholine rings is 1. The lowest BCUT2D eigenvalue weighted by molar-refractivity contribution is -0.121. The largest absolute Gasteiger partial charge is 0.410 e. The van der Waals surface area contributed by atoms with Crippen LogP contribution in [0.25, 0.3) is 0 Å². The second kappa shape index (κ2) is 12.9. The zero-order valence-corrected chi connectivity index (χ0v) is 26.9. The summed E-state index contributed by atoms with van der Waals surface area (Å²) in [5.74, 6) is -3.16. The molecule has 7 nitrogen and oxygen atoms in total. The van der Waals surface area contributed by atoms with Gasteiger partial charge in [-0.15, -0.1) is 0 Å². The minimum Gasteiger partial charge on any atom is -0.410 e. The second-order valence-electron chi connectivity index (χ2n) is 12.3. The van der Waals surface area contributed by atoms with Crippen LogP contribution in [0.5, 0.6) is 0 Å². The summed E-state index contributed by atoms with van der Waals surface area (Å²) >= 11 is 0.